The maximum atomic E-state index is 11.0. The van der Waals surface area contributed by atoms with Crippen molar-refractivity contribution in [3.63, 3.8) is 0 Å². The average molecular weight is 279 g/mol. The standard InChI is InChI=1S/C14H15ClN2O2/c1-8-6-11(15)4-5-12(8)17-10(3)16-9(2)13(17)7-14(18)19/h4-6H,7H2,1-3H3,(H,18,19). The lowest BCUT2D eigenvalue weighted by atomic mass is 10.1. The van der Waals surface area contributed by atoms with Gasteiger partial charge in [0.05, 0.1) is 23.5 Å². The molecule has 5 heteroatoms. The summed E-state index contributed by atoms with van der Waals surface area (Å²) in [5.74, 6) is -0.0879. The second kappa shape index (κ2) is 5.05. The largest absolute Gasteiger partial charge is 0.481 e. The molecular formula is C14H15ClN2O2. The Bertz CT molecular complexity index is 647. The minimum atomic E-state index is -0.865. The Kier molecular flexibility index (Phi) is 3.62. The first-order chi connectivity index (χ1) is 8.90. The van der Waals surface area contributed by atoms with Crippen LogP contribution in [0.1, 0.15) is 22.8 Å². The molecule has 0 bridgehead atoms. The monoisotopic (exact) mass is 278 g/mol. The van der Waals surface area contributed by atoms with Crippen molar-refractivity contribution in [1.82, 2.24) is 9.55 Å². The quantitative estimate of drug-likeness (QED) is 0.939. The van der Waals surface area contributed by atoms with Crippen molar-refractivity contribution in [3.8, 4) is 5.69 Å². The van der Waals surface area contributed by atoms with Gasteiger partial charge in [-0.1, -0.05) is 11.6 Å². The van der Waals surface area contributed by atoms with E-state index < -0.39 is 5.97 Å². The number of aliphatic carboxylic acids is 1. The van der Waals surface area contributed by atoms with E-state index in [1.807, 2.05) is 37.5 Å². The van der Waals surface area contributed by atoms with Crippen LogP contribution in [0, 0.1) is 20.8 Å². The van der Waals surface area contributed by atoms with Gasteiger partial charge in [-0.2, -0.15) is 0 Å². The number of carboxylic acid groups (broad SMARTS) is 1. The Hall–Kier alpha value is -1.81. The summed E-state index contributed by atoms with van der Waals surface area (Å²) in [6, 6.07) is 5.54. The van der Waals surface area contributed by atoms with Crippen LogP contribution in [-0.2, 0) is 11.2 Å². The fraction of sp³-hybridized carbons (Fsp3) is 0.286. The smallest absolute Gasteiger partial charge is 0.309 e. The first kappa shape index (κ1) is 13.6. The fourth-order valence-corrected chi connectivity index (χ4v) is 2.48. The van der Waals surface area contributed by atoms with E-state index >= 15 is 0 Å². The summed E-state index contributed by atoms with van der Waals surface area (Å²) in [6.07, 6.45) is -0.0469. The normalized spacial score (nSPS) is 10.7. The Balaban J connectivity index is 2.64. The van der Waals surface area contributed by atoms with E-state index in [2.05, 4.69) is 4.98 Å². The Morgan fingerprint density at radius 1 is 1.37 bits per heavy atom. The number of rotatable bonds is 3. The van der Waals surface area contributed by atoms with Gasteiger partial charge in [0.2, 0.25) is 0 Å². The summed E-state index contributed by atoms with van der Waals surface area (Å²) in [6.45, 7) is 5.64. The third-order valence-corrected chi connectivity index (χ3v) is 3.29. The number of aryl methyl sites for hydroxylation is 3. The number of carbonyl (C=O) groups is 1. The molecule has 0 spiro atoms. The van der Waals surface area contributed by atoms with Gasteiger partial charge < -0.3 is 5.11 Å². The van der Waals surface area contributed by atoms with Crippen LogP contribution >= 0.6 is 11.6 Å². The zero-order valence-electron chi connectivity index (χ0n) is 11.1. The van der Waals surface area contributed by atoms with Crippen LogP contribution < -0.4 is 0 Å². The predicted octanol–water partition coefficient (Wildman–Crippen LogP) is 3.08. The van der Waals surface area contributed by atoms with Crippen molar-refractivity contribution in [2.24, 2.45) is 0 Å². The number of carboxylic acids is 1. The molecule has 0 atom stereocenters. The molecule has 0 radical (unpaired) electrons. The molecule has 1 N–H and O–H groups in total. The summed E-state index contributed by atoms with van der Waals surface area (Å²) in [4.78, 5) is 15.4. The zero-order valence-corrected chi connectivity index (χ0v) is 11.8. The van der Waals surface area contributed by atoms with Crippen molar-refractivity contribution in [3.05, 3.63) is 46.0 Å². The molecule has 0 fully saturated rings. The molecule has 2 aromatic rings. The lowest BCUT2D eigenvalue weighted by molar-refractivity contribution is -0.136. The van der Waals surface area contributed by atoms with Crippen LogP contribution in [0.5, 0.6) is 0 Å². The Morgan fingerprint density at radius 3 is 2.63 bits per heavy atom. The van der Waals surface area contributed by atoms with Crippen LogP contribution in [0.2, 0.25) is 5.02 Å². The van der Waals surface area contributed by atoms with Gasteiger partial charge in [-0.15, -0.1) is 0 Å². The predicted molar refractivity (Wildman–Crippen MR) is 74.1 cm³/mol. The van der Waals surface area contributed by atoms with E-state index in [4.69, 9.17) is 16.7 Å². The van der Waals surface area contributed by atoms with Gasteiger partial charge in [-0.05, 0) is 44.5 Å². The number of hydrogen-bond donors (Lipinski definition) is 1. The van der Waals surface area contributed by atoms with Gasteiger partial charge >= 0.3 is 5.97 Å². The van der Waals surface area contributed by atoms with E-state index in [0.717, 1.165) is 22.8 Å². The summed E-state index contributed by atoms with van der Waals surface area (Å²) in [7, 11) is 0. The van der Waals surface area contributed by atoms with Gasteiger partial charge in [0.1, 0.15) is 5.82 Å². The molecule has 100 valence electrons. The zero-order chi connectivity index (χ0) is 14.2. The summed E-state index contributed by atoms with van der Waals surface area (Å²) >= 11 is 5.95. The van der Waals surface area contributed by atoms with Gasteiger partial charge in [0, 0.05) is 5.02 Å². The van der Waals surface area contributed by atoms with E-state index in [0.29, 0.717) is 10.7 Å². The molecule has 19 heavy (non-hydrogen) atoms. The van der Waals surface area contributed by atoms with E-state index in [1.165, 1.54) is 0 Å². The third-order valence-electron chi connectivity index (χ3n) is 3.06. The maximum Gasteiger partial charge on any atom is 0.309 e. The highest BCUT2D eigenvalue weighted by atomic mass is 35.5. The molecule has 0 aliphatic rings. The first-order valence-electron chi connectivity index (χ1n) is 5.93. The fourth-order valence-electron chi connectivity index (χ4n) is 2.25. The third kappa shape index (κ3) is 2.63. The lowest BCUT2D eigenvalue weighted by Crippen LogP contribution is -2.10. The van der Waals surface area contributed by atoms with Crippen LogP contribution in [0.25, 0.3) is 5.69 Å². The molecule has 1 heterocycles. The summed E-state index contributed by atoms with van der Waals surface area (Å²) < 4.78 is 1.88. The molecule has 0 aliphatic carbocycles. The topological polar surface area (TPSA) is 55.1 Å². The summed E-state index contributed by atoms with van der Waals surface area (Å²) in [5, 5.41) is 9.69. The Labute approximate surface area is 116 Å². The Morgan fingerprint density at radius 2 is 2.05 bits per heavy atom. The number of benzene rings is 1. The van der Waals surface area contributed by atoms with Crippen molar-refractivity contribution in [2.75, 3.05) is 0 Å². The highest BCUT2D eigenvalue weighted by Crippen LogP contribution is 2.24. The molecule has 0 unspecified atom stereocenters. The average Bonchev–Trinajstić information content (AvgIpc) is 2.54. The van der Waals surface area contributed by atoms with Crippen LogP contribution in [0.3, 0.4) is 0 Å². The van der Waals surface area contributed by atoms with E-state index in [1.54, 1.807) is 6.07 Å². The number of aromatic nitrogens is 2. The number of imidazole rings is 1. The van der Waals surface area contributed by atoms with Crippen molar-refractivity contribution in [1.29, 1.82) is 0 Å². The van der Waals surface area contributed by atoms with Gasteiger partial charge in [0.15, 0.2) is 0 Å². The molecular weight excluding hydrogens is 264 g/mol. The molecule has 0 saturated heterocycles. The maximum absolute atomic E-state index is 11.0. The molecule has 0 saturated carbocycles. The number of hydrogen-bond acceptors (Lipinski definition) is 2. The molecule has 1 aromatic carbocycles. The molecule has 0 amide bonds. The van der Waals surface area contributed by atoms with Gasteiger partial charge in [-0.25, -0.2) is 4.98 Å². The minimum absolute atomic E-state index is 0.0469. The SMILES string of the molecule is Cc1cc(Cl)ccc1-n1c(C)nc(C)c1CC(=O)O. The second-order valence-corrected chi connectivity index (χ2v) is 4.96. The van der Waals surface area contributed by atoms with Crippen molar-refractivity contribution < 1.29 is 9.90 Å². The molecule has 0 aliphatic heterocycles. The minimum Gasteiger partial charge on any atom is -0.481 e. The van der Waals surface area contributed by atoms with E-state index in [-0.39, 0.29) is 6.42 Å². The molecule has 4 nitrogen and oxygen atoms in total. The lowest BCUT2D eigenvalue weighted by Gasteiger charge is -2.13. The second-order valence-electron chi connectivity index (χ2n) is 4.53. The summed E-state index contributed by atoms with van der Waals surface area (Å²) in [5.41, 5.74) is 3.35. The number of nitrogens with zero attached hydrogens (tertiary/aromatic N) is 2. The molecule has 1 aromatic heterocycles. The molecule has 2 rings (SSSR count). The van der Waals surface area contributed by atoms with Crippen LogP contribution in [0.4, 0.5) is 0 Å². The first-order valence-corrected chi connectivity index (χ1v) is 6.31. The van der Waals surface area contributed by atoms with Gasteiger partial charge in [0.25, 0.3) is 0 Å². The van der Waals surface area contributed by atoms with Crippen molar-refractivity contribution >= 4 is 17.6 Å². The van der Waals surface area contributed by atoms with Crippen LogP contribution in [-0.4, -0.2) is 20.6 Å². The van der Waals surface area contributed by atoms with Crippen LogP contribution in [0.15, 0.2) is 18.2 Å². The van der Waals surface area contributed by atoms with Crippen molar-refractivity contribution in [2.45, 2.75) is 27.2 Å². The highest BCUT2D eigenvalue weighted by molar-refractivity contribution is 6.30. The van der Waals surface area contributed by atoms with E-state index in [9.17, 15) is 4.79 Å². The van der Waals surface area contributed by atoms with Gasteiger partial charge in [-0.3, -0.25) is 9.36 Å². The highest BCUT2D eigenvalue weighted by Gasteiger charge is 2.17. The number of halogens is 1.